The van der Waals surface area contributed by atoms with Gasteiger partial charge in [0, 0.05) is 32.3 Å². The fourth-order valence-corrected chi connectivity index (χ4v) is 2.63. The summed E-state index contributed by atoms with van der Waals surface area (Å²) in [5.41, 5.74) is 0.485. The largest absolute Gasteiger partial charge is 0.416 e. The zero-order valence-corrected chi connectivity index (χ0v) is 16.3. The first kappa shape index (κ1) is 22.3. The summed E-state index contributed by atoms with van der Waals surface area (Å²) in [6, 6.07) is 4.80. The molecule has 6 nitrogen and oxygen atoms in total. The first-order valence-electron chi connectivity index (χ1n) is 9.21. The molecule has 0 bridgehead atoms. The summed E-state index contributed by atoms with van der Waals surface area (Å²) in [6.45, 7) is 4.29. The fourth-order valence-electron chi connectivity index (χ4n) is 2.63. The summed E-state index contributed by atoms with van der Waals surface area (Å²) in [7, 11) is 0. The van der Waals surface area contributed by atoms with Crippen molar-refractivity contribution in [3.63, 3.8) is 0 Å². The lowest BCUT2D eigenvalue weighted by molar-refractivity contribution is -0.137. The van der Waals surface area contributed by atoms with Crippen LogP contribution in [0, 0.1) is 6.92 Å². The van der Waals surface area contributed by atoms with Crippen LogP contribution in [0.2, 0.25) is 0 Å². The fraction of sp³-hybridized carbons (Fsp3) is 0.400. The van der Waals surface area contributed by atoms with E-state index in [0.717, 1.165) is 12.1 Å². The lowest BCUT2D eigenvalue weighted by atomic mass is 10.1. The van der Waals surface area contributed by atoms with Crippen LogP contribution in [0.1, 0.15) is 47.1 Å². The molecule has 1 aromatic carbocycles. The minimum absolute atomic E-state index is 0.0199. The predicted octanol–water partition coefficient (Wildman–Crippen LogP) is 3.36. The van der Waals surface area contributed by atoms with Crippen LogP contribution < -0.4 is 5.32 Å². The molecule has 2 aromatic rings. The topological polar surface area (TPSA) is 75.2 Å². The van der Waals surface area contributed by atoms with E-state index in [1.165, 1.54) is 29.4 Å². The maximum absolute atomic E-state index is 12.8. The molecule has 0 saturated heterocycles. The maximum Gasteiger partial charge on any atom is 0.416 e. The molecule has 0 radical (unpaired) electrons. The van der Waals surface area contributed by atoms with Gasteiger partial charge in [-0.2, -0.15) is 13.2 Å². The van der Waals surface area contributed by atoms with Crippen molar-refractivity contribution in [3.8, 4) is 0 Å². The van der Waals surface area contributed by atoms with E-state index in [0.29, 0.717) is 24.2 Å². The molecule has 0 aliphatic carbocycles. The number of carbonyl (C=O) groups excluding carboxylic acids is 2. The van der Waals surface area contributed by atoms with Crippen molar-refractivity contribution in [2.24, 2.45) is 0 Å². The molecule has 0 unspecified atom stereocenters. The predicted molar refractivity (Wildman–Crippen MR) is 101 cm³/mol. The third-order valence-electron chi connectivity index (χ3n) is 4.13. The Bertz CT molecular complexity index is 838. The summed E-state index contributed by atoms with van der Waals surface area (Å²) in [5.74, 6) is -0.670. The highest BCUT2D eigenvalue weighted by atomic mass is 19.4. The number of aromatic nitrogens is 2. The lowest BCUT2D eigenvalue weighted by Crippen LogP contribution is -2.36. The van der Waals surface area contributed by atoms with E-state index >= 15 is 0 Å². The molecule has 9 heteroatoms. The summed E-state index contributed by atoms with van der Waals surface area (Å²) >= 11 is 0. The van der Waals surface area contributed by atoms with Gasteiger partial charge in [0.2, 0.25) is 5.91 Å². The van der Waals surface area contributed by atoms with Crippen molar-refractivity contribution < 1.29 is 22.8 Å². The molecule has 1 N–H and O–H groups in total. The van der Waals surface area contributed by atoms with E-state index in [9.17, 15) is 22.8 Å². The number of nitrogens with zero attached hydrogens (tertiary/aromatic N) is 3. The SMILES string of the molecule is CCCN(CCC(=O)NCc1cccc(C(F)(F)F)c1)C(=O)c1cnc(C)cn1. The Morgan fingerprint density at radius 1 is 1.14 bits per heavy atom. The van der Waals surface area contributed by atoms with Gasteiger partial charge in [0.1, 0.15) is 5.69 Å². The van der Waals surface area contributed by atoms with E-state index in [1.54, 1.807) is 6.92 Å². The molecule has 0 spiro atoms. The van der Waals surface area contributed by atoms with Crippen molar-refractivity contribution in [2.45, 2.75) is 39.4 Å². The van der Waals surface area contributed by atoms with Crippen LogP contribution in [0.25, 0.3) is 0 Å². The van der Waals surface area contributed by atoms with Gasteiger partial charge in [0.15, 0.2) is 0 Å². The number of amides is 2. The number of halogens is 3. The second kappa shape index (κ2) is 9.99. The van der Waals surface area contributed by atoms with Gasteiger partial charge in [-0.05, 0) is 31.0 Å². The third kappa shape index (κ3) is 6.85. The standard InChI is InChI=1S/C20H23F3N4O2/c1-3-8-27(19(29)17-13-24-14(2)11-25-17)9-7-18(28)26-12-15-5-4-6-16(10-15)20(21,22)23/h4-6,10-11,13H,3,7-9,12H2,1-2H3,(H,26,28). The number of hydrogen-bond donors (Lipinski definition) is 1. The molecular weight excluding hydrogens is 385 g/mol. The number of carbonyl (C=O) groups is 2. The van der Waals surface area contributed by atoms with Crippen LogP contribution in [0.5, 0.6) is 0 Å². The second-order valence-corrected chi connectivity index (χ2v) is 6.56. The molecule has 156 valence electrons. The molecule has 0 saturated carbocycles. The van der Waals surface area contributed by atoms with Gasteiger partial charge in [0.25, 0.3) is 5.91 Å². The van der Waals surface area contributed by atoms with E-state index in [1.807, 2.05) is 6.92 Å². The average Bonchev–Trinajstić information content (AvgIpc) is 2.69. The van der Waals surface area contributed by atoms with Crippen molar-refractivity contribution in [1.82, 2.24) is 20.2 Å². The second-order valence-electron chi connectivity index (χ2n) is 6.56. The van der Waals surface area contributed by atoms with Crippen molar-refractivity contribution in [1.29, 1.82) is 0 Å². The van der Waals surface area contributed by atoms with E-state index in [-0.39, 0.29) is 37.0 Å². The molecule has 1 heterocycles. The Morgan fingerprint density at radius 2 is 1.90 bits per heavy atom. The summed E-state index contributed by atoms with van der Waals surface area (Å²) < 4.78 is 38.3. The normalized spacial score (nSPS) is 11.2. The van der Waals surface area contributed by atoms with Crippen LogP contribution in [0.15, 0.2) is 36.7 Å². The van der Waals surface area contributed by atoms with Crippen LogP contribution in [0.3, 0.4) is 0 Å². The zero-order chi connectivity index (χ0) is 21.4. The molecular formula is C20H23F3N4O2. The smallest absolute Gasteiger partial charge is 0.352 e. The third-order valence-corrected chi connectivity index (χ3v) is 4.13. The molecule has 29 heavy (non-hydrogen) atoms. The highest BCUT2D eigenvalue weighted by molar-refractivity contribution is 5.92. The Kier molecular flexibility index (Phi) is 7.69. The van der Waals surface area contributed by atoms with Gasteiger partial charge in [-0.15, -0.1) is 0 Å². The van der Waals surface area contributed by atoms with Gasteiger partial charge in [-0.3, -0.25) is 14.6 Å². The highest BCUT2D eigenvalue weighted by Crippen LogP contribution is 2.29. The van der Waals surface area contributed by atoms with Gasteiger partial charge in [-0.1, -0.05) is 19.1 Å². The molecule has 0 atom stereocenters. The molecule has 2 amide bonds. The summed E-state index contributed by atoms with van der Waals surface area (Å²) in [4.78, 5) is 34.3. The molecule has 0 aliphatic rings. The van der Waals surface area contributed by atoms with E-state index in [4.69, 9.17) is 0 Å². The number of hydrogen-bond acceptors (Lipinski definition) is 4. The van der Waals surface area contributed by atoms with Crippen molar-refractivity contribution in [3.05, 3.63) is 59.2 Å². The molecule has 0 fully saturated rings. The molecule has 0 aliphatic heterocycles. The number of aryl methyl sites for hydroxylation is 1. The average molecular weight is 408 g/mol. The number of rotatable bonds is 8. The molecule has 2 rings (SSSR count). The number of nitrogens with one attached hydrogen (secondary N) is 1. The summed E-state index contributed by atoms with van der Waals surface area (Å²) in [6.07, 6.45) is -0.798. The number of alkyl halides is 3. The number of benzene rings is 1. The maximum atomic E-state index is 12.8. The summed E-state index contributed by atoms with van der Waals surface area (Å²) in [5, 5.41) is 2.59. The van der Waals surface area contributed by atoms with Gasteiger partial charge < -0.3 is 10.2 Å². The zero-order valence-electron chi connectivity index (χ0n) is 16.3. The first-order chi connectivity index (χ1) is 13.7. The van der Waals surface area contributed by atoms with Crippen LogP contribution >= 0.6 is 0 Å². The van der Waals surface area contributed by atoms with Gasteiger partial charge >= 0.3 is 6.18 Å². The van der Waals surface area contributed by atoms with Crippen LogP contribution in [-0.2, 0) is 17.5 Å². The van der Waals surface area contributed by atoms with Crippen molar-refractivity contribution in [2.75, 3.05) is 13.1 Å². The van der Waals surface area contributed by atoms with Gasteiger partial charge in [-0.25, -0.2) is 4.98 Å². The van der Waals surface area contributed by atoms with E-state index in [2.05, 4.69) is 15.3 Å². The highest BCUT2D eigenvalue weighted by Gasteiger charge is 2.30. The first-order valence-corrected chi connectivity index (χ1v) is 9.21. The molecule has 1 aromatic heterocycles. The van der Waals surface area contributed by atoms with Crippen molar-refractivity contribution >= 4 is 11.8 Å². The quantitative estimate of drug-likeness (QED) is 0.727. The lowest BCUT2D eigenvalue weighted by Gasteiger charge is -2.21. The monoisotopic (exact) mass is 408 g/mol. The Labute approximate surface area is 167 Å². The van der Waals surface area contributed by atoms with E-state index < -0.39 is 11.7 Å². The minimum atomic E-state index is -4.43. The minimum Gasteiger partial charge on any atom is -0.352 e. The Morgan fingerprint density at radius 3 is 2.52 bits per heavy atom. The Hall–Kier alpha value is -2.97. The van der Waals surface area contributed by atoms with Gasteiger partial charge in [0.05, 0.1) is 17.5 Å². The Balaban J connectivity index is 1.90. The van der Waals surface area contributed by atoms with Crippen LogP contribution in [-0.4, -0.2) is 39.8 Å². The van der Waals surface area contributed by atoms with Crippen LogP contribution in [0.4, 0.5) is 13.2 Å².